The quantitative estimate of drug-likeness (QED) is 0.394. The van der Waals surface area contributed by atoms with Crippen LogP contribution < -0.4 is 26.8 Å². The number of anilines is 3. The number of aromatic nitrogens is 1. The van der Waals surface area contributed by atoms with Crippen molar-refractivity contribution in [1.82, 2.24) is 10.3 Å². The second-order valence-corrected chi connectivity index (χ2v) is 5.56. The zero-order valence-electron chi connectivity index (χ0n) is 14.3. The van der Waals surface area contributed by atoms with E-state index in [0.717, 1.165) is 0 Å². The van der Waals surface area contributed by atoms with E-state index in [1.54, 1.807) is 25.2 Å². The predicted octanol–water partition coefficient (Wildman–Crippen LogP) is 1.16. The van der Waals surface area contributed by atoms with Crippen molar-refractivity contribution in [3.63, 3.8) is 0 Å². The first kappa shape index (κ1) is 17.6. The first-order valence-corrected chi connectivity index (χ1v) is 7.94. The van der Waals surface area contributed by atoms with Gasteiger partial charge in [0, 0.05) is 5.56 Å². The van der Waals surface area contributed by atoms with Crippen molar-refractivity contribution in [2.45, 2.75) is 13.0 Å². The first-order valence-electron chi connectivity index (χ1n) is 7.94. The fourth-order valence-electron chi connectivity index (χ4n) is 2.79. The number of aliphatic imine (C=N–C) groups is 1. The van der Waals surface area contributed by atoms with Crippen LogP contribution in [0.5, 0.6) is 11.5 Å². The van der Waals surface area contributed by atoms with E-state index in [1.807, 2.05) is 6.07 Å². The van der Waals surface area contributed by atoms with E-state index < -0.39 is 6.04 Å². The maximum Gasteiger partial charge on any atom is 0.211 e. The van der Waals surface area contributed by atoms with E-state index in [4.69, 9.17) is 21.5 Å². The molecule has 3 rings (SSSR count). The van der Waals surface area contributed by atoms with Crippen molar-refractivity contribution in [2.75, 3.05) is 23.4 Å². The summed E-state index contributed by atoms with van der Waals surface area (Å²) in [6.07, 6.45) is 1.78. The molecule has 1 aromatic heterocycles. The summed E-state index contributed by atoms with van der Waals surface area (Å²) in [5.74, 6) is 0.668. The van der Waals surface area contributed by atoms with Gasteiger partial charge in [-0.1, -0.05) is 6.07 Å². The van der Waals surface area contributed by atoms with Gasteiger partial charge in [-0.05, 0) is 24.6 Å². The van der Waals surface area contributed by atoms with Crippen LogP contribution in [0.15, 0.2) is 23.2 Å². The van der Waals surface area contributed by atoms with Gasteiger partial charge < -0.3 is 26.6 Å². The number of nitrogens with one attached hydrogen (secondary N) is 2. The zero-order chi connectivity index (χ0) is 19.6. The smallest absolute Gasteiger partial charge is 0.211 e. The number of nitrogens with zero attached hydrogens (tertiary/aromatic N) is 4. The van der Waals surface area contributed by atoms with Gasteiger partial charge in [0.15, 0.2) is 17.7 Å². The summed E-state index contributed by atoms with van der Waals surface area (Å²) in [5, 5.41) is 33.4. The molecule has 1 aromatic carbocycles. The maximum absolute atomic E-state index is 9.94. The Morgan fingerprint density at radius 3 is 2.81 bits per heavy atom. The molecule has 1 unspecified atom stereocenters. The average Bonchev–Trinajstić information content (AvgIpc) is 2.63. The molecule has 2 heterocycles. The lowest BCUT2D eigenvalue weighted by Gasteiger charge is -2.26. The van der Waals surface area contributed by atoms with Gasteiger partial charge in [-0.2, -0.15) is 10.5 Å². The van der Waals surface area contributed by atoms with Gasteiger partial charge in [0.2, 0.25) is 5.96 Å². The van der Waals surface area contributed by atoms with Crippen LogP contribution >= 0.6 is 0 Å². The van der Waals surface area contributed by atoms with Crippen LogP contribution in [0.1, 0.15) is 29.7 Å². The number of pyridine rings is 1. The Kier molecular flexibility index (Phi) is 4.56. The lowest BCUT2D eigenvalue weighted by Crippen LogP contribution is -2.32. The maximum atomic E-state index is 9.94. The second kappa shape index (κ2) is 6.98. The van der Waals surface area contributed by atoms with Gasteiger partial charge >= 0.3 is 0 Å². The molecule has 1 aliphatic heterocycles. The number of fused-ring (bicyclic) bond motifs is 1. The summed E-state index contributed by atoms with van der Waals surface area (Å²) < 4.78 is 5.42. The van der Waals surface area contributed by atoms with Gasteiger partial charge in [-0.3, -0.25) is 5.32 Å². The third-order valence-corrected chi connectivity index (χ3v) is 3.96. The number of hydrogen-bond acceptors (Lipinski definition) is 10. The molecule has 7 N–H and O–H groups in total. The molecule has 0 amide bonds. The molecule has 2 aromatic rings. The monoisotopic (exact) mass is 364 g/mol. The highest BCUT2D eigenvalue weighted by Crippen LogP contribution is 2.42. The molecule has 0 radical (unpaired) electrons. The lowest BCUT2D eigenvalue weighted by molar-refractivity contribution is 0.317. The van der Waals surface area contributed by atoms with Crippen molar-refractivity contribution in [3.05, 3.63) is 34.9 Å². The van der Waals surface area contributed by atoms with Crippen molar-refractivity contribution >= 4 is 23.3 Å². The summed E-state index contributed by atoms with van der Waals surface area (Å²) >= 11 is 0. The van der Waals surface area contributed by atoms with Crippen LogP contribution in [0.4, 0.5) is 17.3 Å². The Morgan fingerprint density at radius 1 is 1.37 bits per heavy atom. The zero-order valence-corrected chi connectivity index (χ0v) is 14.3. The Balaban J connectivity index is 2.22. The molecule has 0 spiro atoms. The molecule has 136 valence electrons. The molecule has 0 aliphatic carbocycles. The van der Waals surface area contributed by atoms with Crippen molar-refractivity contribution in [3.8, 4) is 23.8 Å². The largest absolute Gasteiger partial charge is 0.504 e. The fraction of sp³-hybridized carbons (Fsp3) is 0.176. The molecular weight excluding hydrogens is 348 g/mol. The number of nitriles is 2. The Morgan fingerprint density at radius 2 is 2.15 bits per heavy atom. The van der Waals surface area contributed by atoms with Gasteiger partial charge in [0.1, 0.15) is 29.3 Å². The van der Waals surface area contributed by atoms with E-state index in [9.17, 15) is 10.4 Å². The topological polar surface area (TPSA) is 178 Å². The number of aromatic hydroxyl groups is 1. The lowest BCUT2D eigenvalue weighted by atomic mass is 9.95. The summed E-state index contributed by atoms with van der Waals surface area (Å²) in [5.41, 5.74) is 13.2. The first-order chi connectivity index (χ1) is 13.0. The third-order valence-electron chi connectivity index (χ3n) is 3.96. The number of phenolic OH excluding ortho intramolecular Hbond substituents is 1. The fourth-order valence-corrected chi connectivity index (χ4v) is 2.79. The number of ether oxygens (including phenoxy) is 1. The average molecular weight is 364 g/mol. The Labute approximate surface area is 154 Å². The number of nitrogen functional groups attached to an aromatic ring is 2. The molecular formula is C17H16N8O2. The number of benzene rings is 1. The van der Waals surface area contributed by atoms with Crippen LogP contribution in [-0.2, 0) is 0 Å². The summed E-state index contributed by atoms with van der Waals surface area (Å²) in [4.78, 5) is 8.63. The molecule has 0 saturated carbocycles. The van der Waals surface area contributed by atoms with Crippen molar-refractivity contribution < 1.29 is 9.84 Å². The number of phenols is 1. The van der Waals surface area contributed by atoms with Crippen LogP contribution in [-0.4, -0.2) is 22.7 Å². The normalized spacial score (nSPS) is 14.8. The number of nitrogens with two attached hydrogens (primary N) is 2. The van der Waals surface area contributed by atoms with Gasteiger partial charge in [-0.25, -0.2) is 9.98 Å². The number of rotatable bonds is 3. The van der Waals surface area contributed by atoms with E-state index >= 15 is 0 Å². The van der Waals surface area contributed by atoms with E-state index in [2.05, 4.69) is 20.6 Å². The van der Waals surface area contributed by atoms with Crippen molar-refractivity contribution in [2.24, 2.45) is 4.99 Å². The van der Waals surface area contributed by atoms with E-state index in [0.29, 0.717) is 17.7 Å². The highest BCUT2D eigenvalue weighted by molar-refractivity contribution is 5.98. The molecule has 1 aliphatic rings. The second-order valence-electron chi connectivity index (χ2n) is 5.56. The van der Waals surface area contributed by atoms with Gasteiger partial charge in [0.05, 0.1) is 12.3 Å². The minimum absolute atomic E-state index is 0.0183. The summed E-state index contributed by atoms with van der Waals surface area (Å²) in [7, 11) is 0. The van der Waals surface area contributed by atoms with E-state index in [1.165, 1.54) is 6.07 Å². The summed E-state index contributed by atoms with van der Waals surface area (Å²) in [6.45, 7) is 2.16. The van der Waals surface area contributed by atoms with Crippen LogP contribution in [0.2, 0.25) is 0 Å². The van der Waals surface area contributed by atoms with Crippen LogP contribution in [0, 0.1) is 22.8 Å². The molecule has 10 nitrogen and oxygen atoms in total. The molecule has 10 heteroatoms. The highest BCUT2D eigenvalue weighted by Gasteiger charge is 2.30. The SMILES string of the molecule is CCOc1cc(C2N=C(NC#N)Nc3nc(N)c(C#N)c(N)c32)ccc1O. The Hall–Kier alpha value is -4.18. The Bertz CT molecular complexity index is 1020. The van der Waals surface area contributed by atoms with Crippen LogP contribution in [0.3, 0.4) is 0 Å². The molecule has 0 bridgehead atoms. The van der Waals surface area contributed by atoms with Gasteiger partial charge in [0.25, 0.3) is 0 Å². The molecule has 1 atom stereocenters. The predicted molar refractivity (Wildman–Crippen MR) is 98.7 cm³/mol. The summed E-state index contributed by atoms with van der Waals surface area (Å²) in [6, 6.07) is 5.98. The standard InChI is InChI=1S/C17H16N8O2/c1-2-27-11-5-8(3-4-10(11)26)14-12-13(20)9(6-18)15(21)24-16(12)25-17(23-14)22-7-19/h3-5,14,26H,2H2,1H3,(H6,20,21,22,23,24,25). The molecule has 27 heavy (non-hydrogen) atoms. The van der Waals surface area contributed by atoms with Crippen molar-refractivity contribution in [1.29, 1.82) is 10.5 Å². The third kappa shape index (κ3) is 3.07. The number of hydrogen-bond donors (Lipinski definition) is 5. The highest BCUT2D eigenvalue weighted by atomic mass is 16.5. The van der Waals surface area contributed by atoms with Gasteiger partial charge in [-0.15, -0.1) is 0 Å². The molecule has 0 saturated heterocycles. The minimum Gasteiger partial charge on any atom is -0.504 e. The van der Waals surface area contributed by atoms with Crippen LogP contribution in [0.25, 0.3) is 0 Å². The molecule has 0 fully saturated rings. The number of guanidine groups is 1. The van der Waals surface area contributed by atoms with E-state index in [-0.39, 0.29) is 40.3 Å². The minimum atomic E-state index is -0.697.